The summed E-state index contributed by atoms with van der Waals surface area (Å²) in [4.78, 5) is 10.6. The lowest BCUT2D eigenvalue weighted by molar-refractivity contribution is -0.137. The molecule has 2 N–H and O–H groups in total. The highest BCUT2D eigenvalue weighted by atomic mass is 16.4. The monoisotopic (exact) mass is 376 g/mol. The van der Waals surface area contributed by atoms with Gasteiger partial charge in [0.2, 0.25) is 0 Å². The van der Waals surface area contributed by atoms with E-state index < -0.39 is 5.97 Å². The molecule has 0 aromatic heterocycles. The van der Waals surface area contributed by atoms with Crippen LogP contribution < -0.4 is 0 Å². The highest BCUT2D eigenvalue weighted by molar-refractivity contribution is 5.66. The van der Waals surface area contributed by atoms with Crippen LogP contribution in [0.3, 0.4) is 0 Å². The molecule has 3 nitrogen and oxygen atoms in total. The molecule has 27 heavy (non-hydrogen) atoms. The third kappa shape index (κ3) is 6.20. The van der Waals surface area contributed by atoms with Gasteiger partial charge in [0.05, 0.1) is 6.10 Å². The van der Waals surface area contributed by atoms with Gasteiger partial charge in [-0.1, -0.05) is 64.3 Å². The van der Waals surface area contributed by atoms with Crippen LogP contribution in [0.25, 0.3) is 0 Å². The molecule has 0 unspecified atom stereocenters. The van der Waals surface area contributed by atoms with Crippen LogP contribution in [0.15, 0.2) is 24.3 Å². The van der Waals surface area contributed by atoms with Gasteiger partial charge in [0.1, 0.15) is 0 Å². The Bertz CT molecular complexity index is 520. The number of allylic oxidation sites excluding steroid dienone is 3. The van der Waals surface area contributed by atoms with Crippen molar-refractivity contribution in [2.75, 3.05) is 0 Å². The van der Waals surface area contributed by atoms with Crippen molar-refractivity contribution in [2.24, 2.45) is 29.1 Å². The summed E-state index contributed by atoms with van der Waals surface area (Å²) in [5, 5.41) is 19.0. The van der Waals surface area contributed by atoms with Crippen molar-refractivity contribution in [3.63, 3.8) is 0 Å². The molecule has 3 rings (SSSR count). The second-order valence-corrected chi connectivity index (χ2v) is 9.37. The molecule has 0 aromatic carbocycles. The summed E-state index contributed by atoms with van der Waals surface area (Å²) in [7, 11) is 0. The maximum Gasteiger partial charge on any atom is 0.303 e. The Hall–Kier alpha value is -1.09. The van der Waals surface area contributed by atoms with E-state index in [1.54, 1.807) is 0 Å². The molecular weight excluding hydrogens is 336 g/mol. The van der Waals surface area contributed by atoms with Crippen molar-refractivity contribution in [1.29, 1.82) is 0 Å². The molecule has 3 aliphatic carbocycles. The van der Waals surface area contributed by atoms with E-state index in [0.29, 0.717) is 17.3 Å². The Balaban J connectivity index is 1.88. The zero-order valence-corrected chi connectivity index (χ0v) is 17.6. The van der Waals surface area contributed by atoms with E-state index >= 15 is 0 Å². The van der Waals surface area contributed by atoms with Gasteiger partial charge in [-0.15, -0.1) is 0 Å². The van der Waals surface area contributed by atoms with Crippen molar-refractivity contribution >= 4 is 5.97 Å². The second kappa shape index (κ2) is 10.5. The molecule has 3 saturated carbocycles. The summed E-state index contributed by atoms with van der Waals surface area (Å²) in [6, 6.07) is 0. The number of carboxylic acids is 1. The Morgan fingerprint density at radius 2 is 1.96 bits per heavy atom. The summed E-state index contributed by atoms with van der Waals surface area (Å²) in [5.41, 5.74) is 0.450. The number of unbranched alkanes of at least 4 members (excludes halogenated alkanes) is 3. The molecule has 0 aromatic rings. The van der Waals surface area contributed by atoms with Crippen molar-refractivity contribution in [1.82, 2.24) is 0 Å². The summed E-state index contributed by atoms with van der Waals surface area (Å²) in [5.74, 6) is 2.11. The Labute approximate surface area is 165 Å². The van der Waals surface area contributed by atoms with Crippen LogP contribution in [-0.4, -0.2) is 22.3 Å². The van der Waals surface area contributed by atoms with Crippen LogP contribution in [0.5, 0.6) is 0 Å². The SMILES string of the molecule is CCCCC[C@@H](O)/C=C/[C@H]1C[C@H]2C[C@@H]([C@@H]1C/C=C/CCCC(=O)O)C2(C)C. The lowest BCUT2D eigenvalue weighted by Gasteiger charge is -2.62. The van der Waals surface area contributed by atoms with Gasteiger partial charge in [-0.3, -0.25) is 4.79 Å². The fourth-order valence-electron chi connectivity index (χ4n) is 5.26. The van der Waals surface area contributed by atoms with Crippen molar-refractivity contribution in [3.05, 3.63) is 24.3 Å². The van der Waals surface area contributed by atoms with E-state index in [-0.39, 0.29) is 12.5 Å². The quantitative estimate of drug-likeness (QED) is 0.325. The van der Waals surface area contributed by atoms with Crippen LogP contribution in [0.1, 0.15) is 85.0 Å². The van der Waals surface area contributed by atoms with Crippen molar-refractivity contribution in [2.45, 2.75) is 91.1 Å². The van der Waals surface area contributed by atoms with E-state index in [4.69, 9.17) is 5.11 Å². The maximum absolute atomic E-state index is 10.6. The zero-order chi connectivity index (χ0) is 19.9. The standard InChI is InChI=1S/C24H40O3/c1-4-5-8-11-20(25)15-14-18-16-19-17-22(24(19,2)3)21(18)12-9-6-7-10-13-23(26)27/h6,9,14-15,18-22,25H,4-5,7-8,10-13,16-17H2,1-3H3,(H,26,27)/b9-6+,15-14+/t18-,19-,20+,21+,22-/m0/s1. The number of carboxylic acid groups (broad SMARTS) is 1. The van der Waals surface area contributed by atoms with Crippen molar-refractivity contribution in [3.8, 4) is 0 Å². The first kappa shape index (κ1) is 22.2. The van der Waals surface area contributed by atoms with Gasteiger partial charge in [-0.2, -0.15) is 0 Å². The first-order chi connectivity index (χ1) is 12.9. The Morgan fingerprint density at radius 3 is 2.63 bits per heavy atom. The van der Waals surface area contributed by atoms with E-state index in [2.05, 4.69) is 45.1 Å². The summed E-state index contributed by atoms with van der Waals surface area (Å²) in [6.45, 7) is 7.04. The fraction of sp³-hybridized carbons (Fsp3) is 0.792. The van der Waals surface area contributed by atoms with Gasteiger partial charge >= 0.3 is 5.97 Å². The average molecular weight is 377 g/mol. The van der Waals surface area contributed by atoms with E-state index in [1.165, 1.54) is 25.7 Å². The molecule has 0 radical (unpaired) electrons. The Morgan fingerprint density at radius 1 is 1.19 bits per heavy atom. The van der Waals surface area contributed by atoms with Crippen LogP contribution in [0.4, 0.5) is 0 Å². The number of rotatable bonds is 12. The molecule has 2 bridgehead atoms. The van der Waals surface area contributed by atoms with Gasteiger partial charge in [-0.25, -0.2) is 0 Å². The Kier molecular flexibility index (Phi) is 8.60. The number of hydrogen-bond donors (Lipinski definition) is 2. The van der Waals surface area contributed by atoms with Gasteiger partial charge < -0.3 is 10.2 Å². The van der Waals surface area contributed by atoms with Gasteiger partial charge in [-0.05, 0) is 67.6 Å². The van der Waals surface area contributed by atoms with Crippen LogP contribution in [-0.2, 0) is 4.79 Å². The number of aliphatic carboxylic acids is 1. The zero-order valence-electron chi connectivity index (χ0n) is 17.6. The summed E-state index contributed by atoms with van der Waals surface area (Å²) >= 11 is 0. The third-order valence-corrected chi connectivity index (χ3v) is 7.19. The van der Waals surface area contributed by atoms with Crippen LogP contribution in [0, 0.1) is 29.1 Å². The smallest absolute Gasteiger partial charge is 0.303 e. The molecular formula is C24H40O3. The summed E-state index contributed by atoms with van der Waals surface area (Å²) in [6.07, 6.45) is 18.4. The molecule has 0 saturated heterocycles. The molecule has 0 aliphatic heterocycles. The number of carbonyl (C=O) groups is 1. The number of aliphatic hydroxyl groups is 1. The van der Waals surface area contributed by atoms with Crippen LogP contribution in [0.2, 0.25) is 0 Å². The molecule has 0 amide bonds. The van der Waals surface area contributed by atoms with E-state index in [0.717, 1.165) is 43.9 Å². The predicted octanol–water partition coefficient (Wildman–Crippen LogP) is 5.98. The molecule has 5 atom stereocenters. The largest absolute Gasteiger partial charge is 0.481 e. The fourth-order valence-corrected chi connectivity index (χ4v) is 5.26. The topological polar surface area (TPSA) is 57.5 Å². The first-order valence-corrected chi connectivity index (χ1v) is 11.1. The third-order valence-electron chi connectivity index (χ3n) is 7.19. The van der Waals surface area contributed by atoms with Gasteiger partial charge in [0.15, 0.2) is 0 Å². The molecule has 3 fully saturated rings. The molecule has 3 aliphatic rings. The van der Waals surface area contributed by atoms with E-state index in [1.807, 2.05) is 0 Å². The highest BCUT2D eigenvalue weighted by Gasteiger charge is 2.56. The lowest BCUT2D eigenvalue weighted by Crippen LogP contribution is -2.55. The van der Waals surface area contributed by atoms with Gasteiger partial charge in [0, 0.05) is 6.42 Å². The molecule has 154 valence electrons. The minimum Gasteiger partial charge on any atom is -0.481 e. The van der Waals surface area contributed by atoms with Crippen molar-refractivity contribution < 1.29 is 15.0 Å². The predicted molar refractivity (Wildman–Crippen MR) is 112 cm³/mol. The maximum atomic E-state index is 10.6. The van der Waals surface area contributed by atoms with E-state index in [9.17, 15) is 9.90 Å². The number of fused-ring (bicyclic) bond motifs is 2. The van der Waals surface area contributed by atoms with Crippen LogP contribution >= 0.6 is 0 Å². The minimum absolute atomic E-state index is 0.256. The second-order valence-electron chi connectivity index (χ2n) is 9.37. The lowest BCUT2D eigenvalue weighted by atomic mass is 9.43. The summed E-state index contributed by atoms with van der Waals surface area (Å²) < 4.78 is 0. The average Bonchev–Trinajstić information content (AvgIpc) is 2.62. The molecule has 3 heteroatoms. The molecule has 0 heterocycles. The minimum atomic E-state index is -0.708. The highest BCUT2D eigenvalue weighted by Crippen LogP contribution is 2.64. The normalized spacial score (nSPS) is 30.5. The molecule has 0 spiro atoms. The first-order valence-electron chi connectivity index (χ1n) is 11.1. The number of hydrogen-bond acceptors (Lipinski definition) is 2. The van der Waals surface area contributed by atoms with Gasteiger partial charge in [0.25, 0.3) is 0 Å². The number of aliphatic hydroxyl groups excluding tert-OH is 1.